The number of hydrogen-bond donors (Lipinski definition) is 1. The molecule has 1 atom stereocenters. The van der Waals surface area contributed by atoms with Crippen molar-refractivity contribution in [3.8, 4) is 0 Å². The highest BCUT2D eigenvalue weighted by Gasteiger charge is 2.31. The third kappa shape index (κ3) is 5.31. The Bertz CT molecular complexity index is 934. The molecule has 2 fully saturated rings. The van der Waals surface area contributed by atoms with Gasteiger partial charge < -0.3 is 24.3 Å². The van der Waals surface area contributed by atoms with Gasteiger partial charge in [-0.25, -0.2) is 9.38 Å². The molecule has 31 heavy (non-hydrogen) atoms. The summed E-state index contributed by atoms with van der Waals surface area (Å²) in [6.45, 7) is 8.51. The molecular weight excluding hydrogens is 514 g/mol. The fraction of sp³-hybridized carbons (Fsp3) is 0.545. The third-order valence-corrected chi connectivity index (χ3v) is 5.80. The summed E-state index contributed by atoms with van der Waals surface area (Å²) in [5.74, 6) is 1.37. The molecule has 170 valence electrons. The predicted octanol–water partition coefficient (Wildman–Crippen LogP) is 3.29. The maximum absolute atomic E-state index is 13.5. The number of amides is 1. The van der Waals surface area contributed by atoms with Crippen molar-refractivity contribution in [2.24, 2.45) is 4.99 Å². The molecule has 9 heteroatoms. The topological polar surface area (TPSA) is 70.3 Å². The molecule has 2 aliphatic heterocycles. The number of rotatable bonds is 4. The van der Waals surface area contributed by atoms with Crippen molar-refractivity contribution in [3.05, 3.63) is 35.3 Å². The molecule has 3 heterocycles. The minimum absolute atomic E-state index is 0. The number of aryl methyl sites for hydroxylation is 1. The monoisotopic (exact) mass is 544 g/mol. The van der Waals surface area contributed by atoms with Gasteiger partial charge in [-0.2, -0.15) is 0 Å². The molecule has 0 radical (unpaired) electrons. The highest BCUT2D eigenvalue weighted by molar-refractivity contribution is 14.0. The summed E-state index contributed by atoms with van der Waals surface area (Å²) >= 11 is 0. The Morgan fingerprint density at radius 3 is 2.68 bits per heavy atom. The van der Waals surface area contributed by atoms with Crippen molar-refractivity contribution < 1.29 is 18.3 Å². The van der Waals surface area contributed by atoms with Crippen LogP contribution < -0.4 is 5.32 Å². The molecule has 0 saturated carbocycles. The van der Waals surface area contributed by atoms with Gasteiger partial charge in [0.15, 0.2) is 5.96 Å². The van der Waals surface area contributed by atoms with E-state index in [1.807, 2.05) is 18.7 Å². The summed E-state index contributed by atoms with van der Waals surface area (Å²) in [6.07, 6.45) is 1.52. The summed E-state index contributed by atoms with van der Waals surface area (Å²) in [7, 11) is 0. The molecule has 1 unspecified atom stereocenters. The number of ether oxygens (including phenoxy) is 1. The zero-order chi connectivity index (χ0) is 21.1. The number of aliphatic imine (C=N–C) groups is 1. The molecule has 0 spiro atoms. The van der Waals surface area contributed by atoms with Crippen molar-refractivity contribution in [1.29, 1.82) is 0 Å². The number of nitrogens with zero attached hydrogens (tertiary/aromatic N) is 3. The first-order valence-corrected chi connectivity index (χ1v) is 10.7. The number of fused-ring (bicyclic) bond motifs is 1. The number of carbonyl (C=O) groups excluding carboxylic acids is 1. The second kappa shape index (κ2) is 10.6. The molecule has 1 aromatic heterocycles. The largest absolute Gasteiger partial charge is 0.459 e. The van der Waals surface area contributed by atoms with Gasteiger partial charge in [0.05, 0.1) is 0 Å². The highest BCUT2D eigenvalue weighted by atomic mass is 127. The molecular formula is C22H30FIN4O3. The van der Waals surface area contributed by atoms with E-state index in [1.54, 1.807) is 6.07 Å². The first-order valence-electron chi connectivity index (χ1n) is 10.7. The van der Waals surface area contributed by atoms with Gasteiger partial charge in [-0.15, -0.1) is 24.0 Å². The third-order valence-electron chi connectivity index (χ3n) is 5.80. The summed E-state index contributed by atoms with van der Waals surface area (Å²) < 4.78 is 25.0. The van der Waals surface area contributed by atoms with E-state index < -0.39 is 0 Å². The van der Waals surface area contributed by atoms with Gasteiger partial charge in [-0.3, -0.25) is 4.79 Å². The quantitative estimate of drug-likeness (QED) is 0.364. The van der Waals surface area contributed by atoms with Gasteiger partial charge in [-0.1, -0.05) is 0 Å². The van der Waals surface area contributed by atoms with Gasteiger partial charge in [0.1, 0.15) is 29.8 Å². The van der Waals surface area contributed by atoms with Crippen LogP contribution in [0.5, 0.6) is 0 Å². The maximum atomic E-state index is 13.5. The lowest BCUT2D eigenvalue weighted by Gasteiger charge is -2.37. The van der Waals surface area contributed by atoms with Gasteiger partial charge >= 0.3 is 0 Å². The van der Waals surface area contributed by atoms with Crippen LogP contribution in [0.25, 0.3) is 11.0 Å². The minimum atomic E-state index is -0.273. The normalized spacial score (nSPS) is 19.6. The Kier molecular flexibility index (Phi) is 8.15. The second-order valence-corrected chi connectivity index (χ2v) is 7.77. The first-order chi connectivity index (χ1) is 14.6. The van der Waals surface area contributed by atoms with Gasteiger partial charge in [0.25, 0.3) is 5.91 Å². The van der Waals surface area contributed by atoms with Gasteiger partial charge in [0.2, 0.25) is 0 Å². The Hall–Kier alpha value is -1.88. The number of guanidine groups is 1. The number of halogens is 2. The fourth-order valence-electron chi connectivity index (χ4n) is 4.08. The SMILES string of the molecule is CCNC(=NCc1oc2ccc(F)cc2c1C)N1CCN(C(=O)C2CCCO2)CC1.I. The van der Waals surface area contributed by atoms with E-state index in [0.29, 0.717) is 44.9 Å². The summed E-state index contributed by atoms with van der Waals surface area (Å²) in [4.78, 5) is 21.4. The van der Waals surface area contributed by atoms with Crippen molar-refractivity contribution >= 4 is 46.8 Å². The Labute approximate surface area is 199 Å². The zero-order valence-electron chi connectivity index (χ0n) is 18.0. The van der Waals surface area contributed by atoms with E-state index in [-0.39, 0.29) is 41.8 Å². The Morgan fingerprint density at radius 2 is 2.00 bits per heavy atom. The summed E-state index contributed by atoms with van der Waals surface area (Å²) in [5.41, 5.74) is 1.58. The molecule has 4 rings (SSSR count). The molecule has 1 aromatic carbocycles. The number of hydrogen-bond acceptors (Lipinski definition) is 4. The van der Waals surface area contributed by atoms with Crippen LogP contribution >= 0.6 is 24.0 Å². The molecule has 2 saturated heterocycles. The number of nitrogens with one attached hydrogen (secondary N) is 1. The lowest BCUT2D eigenvalue weighted by Crippen LogP contribution is -2.55. The number of benzene rings is 1. The van der Waals surface area contributed by atoms with E-state index in [4.69, 9.17) is 14.1 Å². The van der Waals surface area contributed by atoms with E-state index in [1.165, 1.54) is 12.1 Å². The lowest BCUT2D eigenvalue weighted by atomic mass is 10.1. The fourth-order valence-corrected chi connectivity index (χ4v) is 4.08. The van der Waals surface area contributed by atoms with Gasteiger partial charge in [0, 0.05) is 50.3 Å². The van der Waals surface area contributed by atoms with Crippen LogP contribution in [0.3, 0.4) is 0 Å². The Balaban J connectivity index is 0.00000272. The van der Waals surface area contributed by atoms with E-state index in [2.05, 4.69) is 10.2 Å². The van der Waals surface area contributed by atoms with Gasteiger partial charge in [-0.05, 0) is 44.9 Å². The summed E-state index contributed by atoms with van der Waals surface area (Å²) in [6, 6.07) is 4.55. The van der Waals surface area contributed by atoms with Crippen LogP contribution in [0.4, 0.5) is 4.39 Å². The summed E-state index contributed by atoms with van der Waals surface area (Å²) in [5, 5.41) is 4.11. The van der Waals surface area contributed by atoms with Crippen LogP contribution in [-0.4, -0.2) is 67.1 Å². The van der Waals surface area contributed by atoms with Crippen molar-refractivity contribution in [1.82, 2.24) is 15.1 Å². The van der Waals surface area contributed by atoms with Crippen molar-refractivity contribution in [2.75, 3.05) is 39.3 Å². The molecule has 2 aromatic rings. The van der Waals surface area contributed by atoms with Crippen LogP contribution in [0.1, 0.15) is 31.1 Å². The maximum Gasteiger partial charge on any atom is 0.251 e. The van der Waals surface area contributed by atoms with Crippen LogP contribution in [0.2, 0.25) is 0 Å². The van der Waals surface area contributed by atoms with Crippen molar-refractivity contribution in [2.45, 2.75) is 39.3 Å². The van der Waals surface area contributed by atoms with Crippen LogP contribution in [0.15, 0.2) is 27.6 Å². The van der Waals surface area contributed by atoms with Crippen molar-refractivity contribution in [3.63, 3.8) is 0 Å². The number of carbonyl (C=O) groups is 1. The Morgan fingerprint density at radius 1 is 1.26 bits per heavy atom. The molecule has 1 N–H and O–H groups in total. The second-order valence-electron chi connectivity index (χ2n) is 7.77. The predicted molar refractivity (Wildman–Crippen MR) is 128 cm³/mol. The van der Waals surface area contributed by atoms with Crippen LogP contribution in [0, 0.1) is 12.7 Å². The van der Waals surface area contributed by atoms with E-state index in [0.717, 1.165) is 42.1 Å². The average Bonchev–Trinajstić information content (AvgIpc) is 3.40. The van der Waals surface area contributed by atoms with E-state index in [9.17, 15) is 9.18 Å². The average molecular weight is 544 g/mol. The first kappa shape index (κ1) is 23.8. The number of furan rings is 1. The van der Waals surface area contributed by atoms with Crippen LogP contribution in [-0.2, 0) is 16.1 Å². The molecule has 0 aliphatic carbocycles. The molecule has 2 aliphatic rings. The zero-order valence-corrected chi connectivity index (χ0v) is 20.4. The smallest absolute Gasteiger partial charge is 0.251 e. The standard InChI is InChI=1S/C22H29FN4O3.HI/c1-3-24-22(25-14-20-15(2)17-13-16(23)6-7-18(17)30-20)27-10-8-26(9-11-27)21(28)19-5-4-12-29-19;/h6-7,13,19H,3-5,8-12,14H2,1-2H3,(H,24,25);1H. The van der Waals surface area contributed by atoms with E-state index >= 15 is 0 Å². The molecule has 0 bridgehead atoms. The minimum Gasteiger partial charge on any atom is -0.459 e. The number of piperazine rings is 1. The lowest BCUT2D eigenvalue weighted by molar-refractivity contribution is -0.142. The molecule has 1 amide bonds. The molecule has 7 nitrogen and oxygen atoms in total. The highest BCUT2D eigenvalue weighted by Crippen LogP contribution is 2.26.